The van der Waals surface area contributed by atoms with Crippen LogP contribution < -0.4 is 5.56 Å². The molecule has 1 aromatic carbocycles. The summed E-state index contributed by atoms with van der Waals surface area (Å²) >= 11 is 0. The molecule has 17 heavy (non-hydrogen) atoms. The van der Waals surface area contributed by atoms with Crippen molar-refractivity contribution in [3.05, 3.63) is 69.9 Å². The van der Waals surface area contributed by atoms with Crippen molar-refractivity contribution < 1.29 is 4.39 Å². The summed E-state index contributed by atoms with van der Waals surface area (Å²) in [5, 5.41) is 0. The second kappa shape index (κ2) is 4.95. The van der Waals surface area contributed by atoms with Gasteiger partial charge in [-0.2, -0.15) is 0 Å². The topological polar surface area (TPSA) is 22.0 Å². The SMILES string of the molecule is CCc1ccn(Cc2ccccc2)c(=O)c1F. The molecule has 0 saturated carbocycles. The Morgan fingerprint density at radius 1 is 1.18 bits per heavy atom. The third-order valence-electron chi connectivity index (χ3n) is 2.76. The van der Waals surface area contributed by atoms with E-state index in [1.807, 2.05) is 37.3 Å². The van der Waals surface area contributed by atoms with Gasteiger partial charge in [0.15, 0.2) is 5.82 Å². The Bertz CT molecular complexity index is 560. The zero-order valence-corrected chi connectivity index (χ0v) is 9.69. The van der Waals surface area contributed by atoms with E-state index in [-0.39, 0.29) is 0 Å². The van der Waals surface area contributed by atoms with Crippen molar-refractivity contribution in [2.45, 2.75) is 19.9 Å². The van der Waals surface area contributed by atoms with E-state index in [0.29, 0.717) is 18.5 Å². The highest BCUT2D eigenvalue weighted by Crippen LogP contribution is 2.05. The standard InChI is InChI=1S/C14H14FNO/c1-2-12-8-9-16(14(17)13(12)15)10-11-6-4-3-5-7-11/h3-9H,2,10H2,1H3. The molecule has 1 aromatic heterocycles. The van der Waals surface area contributed by atoms with Gasteiger partial charge in [0.05, 0.1) is 6.54 Å². The van der Waals surface area contributed by atoms with Crippen LogP contribution in [0, 0.1) is 5.82 Å². The first-order chi connectivity index (χ1) is 8.22. The fourth-order valence-electron chi connectivity index (χ4n) is 1.76. The molecule has 0 N–H and O–H groups in total. The van der Waals surface area contributed by atoms with E-state index in [2.05, 4.69) is 0 Å². The predicted molar refractivity (Wildman–Crippen MR) is 65.6 cm³/mol. The Morgan fingerprint density at radius 3 is 2.53 bits per heavy atom. The monoisotopic (exact) mass is 231 g/mol. The quantitative estimate of drug-likeness (QED) is 0.795. The smallest absolute Gasteiger partial charge is 0.287 e. The van der Waals surface area contributed by atoms with Gasteiger partial charge in [0.1, 0.15) is 0 Å². The normalized spacial score (nSPS) is 10.5. The van der Waals surface area contributed by atoms with Gasteiger partial charge in [-0.3, -0.25) is 4.79 Å². The lowest BCUT2D eigenvalue weighted by molar-refractivity contribution is 0.566. The maximum atomic E-state index is 13.6. The average Bonchev–Trinajstić information content (AvgIpc) is 2.37. The molecule has 0 aliphatic carbocycles. The van der Waals surface area contributed by atoms with Crippen LogP contribution in [0.25, 0.3) is 0 Å². The van der Waals surface area contributed by atoms with E-state index in [9.17, 15) is 9.18 Å². The van der Waals surface area contributed by atoms with Crippen LogP contribution in [0.1, 0.15) is 18.1 Å². The summed E-state index contributed by atoms with van der Waals surface area (Å²) in [5.41, 5.74) is 0.908. The molecule has 0 amide bonds. The minimum absolute atomic E-state index is 0.403. The fraction of sp³-hybridized carbons (Fsp3) is 0.214. The first kappa shape index (κ1) is 11.6. The van der Waals surface area contributed by atoms with Gasteiger partial charge in [-0.25, -0.2) is 4.39 Å². The summed E-state index contributed by atoms with van der Waals surface area (Å²) in [5.74, 6) is -0.633. The van der Waals surface area contributed by atoms with E-state index >= 15 is 0 Å². The molecular weight excluding hydrogens is 217 g/mol. The Hall–Kier alpha value is -1.90. The van der Waals surface area contributed by atoms with Crippen LogP contribution in [-0.4, -0.2) is 4.57 Å². The van der Waals surface area contributed by atoms with Gasteiger partial charge in [0, 0.05) is 6.20 Å². The van der Waals surface area contributed by atoms with Gasteiger partial charge >= 0.3 is 0 Å². The van der Waals surface area contributed by atoms with E-state index in [4.69, 9.17) is 0 Å². The number of benzene rings is 1. The van der Waals surface area contributed by atoms with Crippen molar-refractivity contribution in [1.29, 1.82) is 0 Å². The van der Waals surface area contributed by atoms with Gasteiger partial charge < -0.3 is 4.57 Å². The molecule has 0 saturated heterocycles. The van der Waals surface area contributed by atoms with Crippen molar-refractivity contribution >= 4 is 0 Å². The number of pyridine rings is 1. The summed E-state index contributed by atoms with van der Waals surface area (Å²) in [4.78, 5) is 11.7. The molecule has 1 heterocycles. The first-order valence-corrected chi connectivity index (χ1v) is 5.64. The van der Waals surface area contributed by atoms with Crippen molar-refractivity contribution in [2.24, 2.45) is 0 Å². The van der Waals surface area contributed by atoms with Crippen LogP contribution in [0.2, 0.25) is 0 Å². The number of rotatable bonds is 3. The van der Waals surface area contributed by atoms with E-state index < -0.39 is 11.4 Å². The van der Waals surface area contributed by atoms with Gasteiger partial charge in [0.25, 0.3) is 5.56 Å². The van der Waals surface area contributed by atoms with Crippen LogP contribution in [0.15, 0.2) is 47.4 Å². The lowest BCUT2D eigenvalue weighted by Gasteiger charge is -2.07. The molecule has 0 bridgehead atoms. The third kappa shape index (κ3) is 2.44. The van der Waals surface area contributed by atoms with Crippen molar-refractivity contribution in [2.75, 3.05) is 0 Å². The number of aryl methyl sites for hydroxylation is 1. The number of hydrogen-bond acceptors (Lipinski definition) is 1. The van der Waals surface area contributed by atoms with E-state index in [1.165, 1.54) is 4.57 Å². The molecule has 2 aromatic rings. The maximum absolute atomic E-state index is 13.6. The second-order valence-corrected chi connectivity index (χ2v) is 3.93. The molecule has 0 radical (unpaired) electrons. The molecule has 2 rings (SSSR count). The number of nitrogens with zero attached hydrogens (tertiary/aromatic N) is 1. The van der Waals surface area contributed by atoms with Gasteiger partial charge in [-0.05, 0) is 23.6 Å². The first-order valence-electron chi connectivity index (χ1n) is 5.64. The lowest BCUT2D eigenvalue weighted by atomic mass is 10.2. The van der Waals surface area contributed by atoms with Gasteiger partial charge in [-0.15, -0.1) is 0 Å². The Balaban J connectivity index is 2.35. The van der Waals surface area contributed by atoms with Crippen molar-refractivity contribution in [3.63, 3.8) is 0 Å². The minimum Gasteiger partial charge on any atom is -0.309 e. The molecule has 0 unspecified atom stereocenters. The van der Waals surface area contributed by atoms with Crippen LogP contribution in [0.3, 0.4) is 0 Å². The number of halogens is 1. The highest BCUT2D eigenvalue weighted by atomic mass is 19.1. The largest absolute Gasteiger partial charge is 0.309 e. The van der Waals surface area contributed by atoms with Crippen molar-refractivity contribution in [1.82, 2.24) is 4.57 Å². The maximum Gasteiger partial charge on any atom is 0.287 e. The Labute approximate surface area is 99.3 Å². The fourth-order valence-corrected chi connectivity index (χ4v) is 1.76. The molecule has 0 atom stereocenters. The molecule has 0 aliphatic heterocycles. The number of aromatic nitrogens is 1. The van der Waals surface area contributed by atoms with Crippen LogP contribution >= 0.6 is 0 Å². The molecular formula is C14H14FNO. The molecule has 0 aliphatic rings. The minimum atomic E-state index is -0.633. The van der Waals surface area contributed by atoms with Crippen molar-refractivity contribution in [3.8, 4) is 0 Å². The third-order valence-corrected chi connectivity index (χ3v) is 2.76. The summed E-state index contributed by atoms with van der Waals surface area (Å²) in [7, 11) is 0. The van der Waals surface area contributed by atoms with Gasteiger partial charge in [-0.1, -0.05) is 37.3 Å². The highest BCUT2D eigenvalue weighted by molar-refractivity contribution is 5.18. The zero-order chi connectivity index (χ0) is 12.3. The van der Waals surface area contributed by atoms with E-state index in [1.54, 1.807) is 12.3 Å². The summed E-state index contributed by atoms with van der Waals surface area (Å²) in [6.07, 6.45) is 2.19. The molecule has 0 spiro atoms. The van der Waals surface area contributed by atoms with E-state index in [0.717, 1.165) is 5.56 Å². The average molecular weight is 231 g/mol. The molecule has 88 valence electrons. The predicted octanol–water partition coefficient (Wildman–Crippen LogP) is 2.60. The van der Waals surface area contributed by atoms with Gasteiger partial charge in [0.2, 0.25) is 0 Å². The zero-order valence-electron chi connectivity index (χ0n) is 9.69. The Morgan fingerprint density at radius 2 is 1.88 bits per heavy atom. The van der Waals surface area contributed by atoms with Crippen LogP contribution in [-0.2, 0) is 13.0 Å². The molecule has 3 heteroatoms. The number of hydrogen-bond donors (Lipinski definition) is 0. The summed E-state index contributed by atoms with van der Waals surface area (Å²) in [6, 6.07) is 11.2. The molecule has 2 nitrogen and oxygen atoms in total. The highest BCUT2D eigenvalue weighted by Gasteiger charge is 2.07. The van der Waals surface area contributed by atoms with Crippen LogP contribution in [0.5, 0.6) is 0 Å². The molecule has 0 fully saturated rings. The Kier molecular flexibility index (Phi) is 3.38. The van der Waals surface area contributed by atoms with Crippen LogP contribution in [0.4, 0.5) is 4.39 Å². The lowest BCUT2D eigenvalue weighted by Crippen LogP contribution is -2.24. The second-order valence-electron chi connectivity index (χ2n) is 3.93. The summed E-state index contributed by atoms with van der Waals surface area (Å²) < 4.78 is 15.0. The summed E-state index contributed by atoms with van der Waals surface area (Å²) in [6.45, 7) is 2.24.